The first-order chi connectivity index (χ1) is 13.3. The Morgan fingerprint density at radius 1 is 1.32 bits per heavy atom. The fourth-order valence-corrected chi connectivity index (χ4v) is 3.99. The van der Waals surface area contributed by atoms with E-state index in [1.54, 1.807) is 12.1 Å². The zero-order valence-corrected chi connectivity index (χ0v) is 17.2. The van der Waals surface area contributed by atoms with Crippen LogP contribution in [0.4, 0.5) is 0 Å². The van der Waals surface area contributed by atoms with Crippen molar-refractivity contribution in [3.8, 4) is 5.75 Å². The summed E-state index contributed by atoms with van der Waals surface area (Å²) in [7, 11) is 0. The first-order valence-corrected chi connectivity index (χ1v) is 9.97. The molecule has 0 bridgehead atoms. The number of allylic oxidation sites excluding steroid dienone is 2. The van der Waals surface area contributed by atoms with Crippen molar-refractivity contribution < 1.29 is 14.3 Å². The van der Waals surface area contributed by atoms with Gasteiger partial charge < -0.3 is 14.3 Å². The van der Waals surface area contributed by atoms with Crippen molar-refractivity contribution in [2.75, 3.05) is 6.61 Å². The molecule has 4 nitrogen and oxygen atoms in total. The van der Waals surface area contributed by atoms with Gasteiger partial charge in [-0.05, 0) is 63.8 Å². The molecule has 3 rings (SSSR count). The molecule has 4 heteroatoms. The first-order valence-electron chi connectivity index (χ1n) is 9.97. The molecule has 150 valence electrons. The summed E-state index contributed by atoms with van der Waals surface area (Å²) in [6.45, 7) is 9.08. The van der Waals surface area contributed by atoms with Gasteiger partial charge in [0.2, 0.25) is 0 Å². The van der Waals surface area contributed by atoms with E-state index in [0.29, 0.717) is 17.9 Å². The molecule has 0 saturated heterocycles. The molecule has 2 aromatic rings. The molecule has 1 atom stereocenters. The Kier molecular flexibility index (Phi) is 6.09. The number of rotatable bonds is 6. The second kappa shape index (κ2) is 8.36. The lowest BCUT2D eigenvalue weighted by molar-refractivity contribution is 0.0558. The Labute approximate surface area is 166 Å². The summed E-state index contributed by atoms with van der Waals surface area (Å²) in [5, 5.41) is 11.2. The Balaban J connectivity index is 1.58. The molecule has 0 fully saturated rings. The maximum absolute atomic E-state index is 11.4. The molecule has 1 aliphatic rings. The van der Waals surface area contributed by atoms with Crippen LogP contribution in [0.5, 0.6) is 5.75 Å². The van der Waals surface area contributed by atoms with Gasteiger partial charge in [-0.1, -0.05) is 30.6 Å². The molecule has 0 aliphatic heterocycles. The molecule has 0 radical (unpaired) electrons. The second-order valence-corrected chi connectivity index (χ2v) is 8.35. The molecule has 1 heterocycles. The minimum absolute atomic E-state index is 0.145. The van der Waals surface area contributed by atoms with Crippen LogP contribution in [0.1, 0.15) is 53.4 Å². The molecule has 1 N–H and O–H groups in total. The third kappa shape index (κ3) is 4.56. The van der Waals surface area contributed by atoms with Crippen LogP contribution in [0.15, 0.2) is 62.3 Å². The molecule has 1 aromatic carbocycles. The van der Waals surface area contributed by atoms with Crippen LogP contribution >= 0.6 is 0 Å². The maximum Gasteiger partial charge on any atom is 0.336 e. The molecule has 28 heavy (non-hydrogen) atoms. The van der Waals surface area contributed by atoms with Crippen LogP contribution < -0.4 is 10.4 Å². The van der Waals surface area contributed by atoms with Gasteiger partial charge >= 0.3 is 5.63 Å². The molecular weight excluding hydrogens is 352 g/mol. The summed E-state index contributed by atoms with van der Waals surface area (Å²) in [5.41, 5.74) is 4.12. The minimum atomic E-state index is -0.360. The summed E-state index contributed by atoms with van der Waals surface area (Å²) in [6, 6.07) is 8.68. The number of hydrogen-bond acceptors (Lipinski definition) is 4. The summed E-state index contributed by atoms with van der Waals surface area (Å²) in [4.78, 5) is 11.4. The highest BCUT2D eigenvalue weighted by Crippen LogP contribution is 2.42. The number of aliphatic hydroxyl groups is 1. The van der Waals surface area contributed by atoms with Crippen molar-refractivity contribution >= 4 is 11.0 Å². The van der Waals surface area contributed by atoms with Gasteiger partial charge in [0.1, 0.15) is 17.9 Å². The summed E-state index contributed by atoms with van der Waals surface area (Å²) in [5.74, 6) is 0.681. The quantitative estimate of drug-likeness (QED) is 0.537. The molecule has 0 saturated carbocycles. The molecule has 1 aromatic heterocycles. The van der Waals surface area contributed by atoms with Gasteiger partial charge in [-0.2, -0.15) is 0 Å². The first kappa shape index (κ1) is 20.4. The van der Waals surface area contributed by atoms with Crippen LogP contribution in [0.25, 0.3) is 11.0 Å². The molecule has 0 spiro atoms. The van der Waals surface area contributed by atoms with Gasteiger partial charge in [0, 0.05) is 22.9 Å². The van der Waals surface area contributed by atoms with E-state index in [0.717, 1.165) is 31.1 Å². The SMILES string of the molecule is CC(=CCOc1ccc2ccc(=O)oc2c1)CCC1=C(C)CCC(O)C1(C)C. The topological polar surface area (TPSA) is 59.7 Å². The zero-order chi connectivity index (χ0) is 20.3. The maximum atomic E-state index is 11.4. The van der Waals surface area contributed by atoms with Crippen molar-refractivity contribution in [1.82, 2.24) is 0 Å². The van der Waals surface area contributed by atoms with Crippen molar-refractivity contribution in [2.24, 2.45) is 5.41 Å². The van der Waals surface area contributed by atoms with Gasteiger partial charge in [0.15, 0.2) is 0 Å². The second-order valence-electron chi connectivity index (χ2n) is 8.35. The monoisotopic (exact) mass is 382 g/mol. The summed E-state index contributed by atoms with van der Waals surface area (Å²) < 4.78 is 11.0. The van der Waals surface area contributed by atoms with Crippen molar-refractivity contribution in [3.05, 3.63) is 63.5 Å². The average molecular weight is 383 g/mol. The van der Waals surface area contributed by atoms with Crippen LogP contribution in [-0.2, 0) is 0 Å². The van der Waals surface area contributed by atoms with E-state index < -0.39 is 0 Å². The fourth-order valence-electron chi connectivity index (χ4n) is 3.99. The highest BCUT2D eigenvalue weighted by Gasteiger charge is 2.35. The van der Waals surface area contributed by atoms with Crippen LogP contribution in [0, 0.1) is 5.41 Å². The normalized spacial score (nSPS) is 19.9. The summed E-state index contributed by atoms with van der Waals surface area (Å²) in [6.07, 6.45) is 5.61. The standard InChI is InChI=1S/C24H30O4/c1-16(5-10-20-17(2)6-11-22(25)24(20,3)4)13-14-27-19-9-7-18-8-12-23(26)28-21(18)15-19/h7-9,12-13,15,22,25H,5-6,10-11,14H2,1-4H3. The highest BCUT2D eigenvalue weighted by molar-refractivity contribution is 5.77. The average Bonchev–Trinajstić information content (AvgIpc) is 2.64. The molecular formula is C24H30O4. The van der Waals surface area contributed by atoms with Gasteiger partial charge in [-0.25, -0.2) is 4.79 Å². The predicted octanol–water partition coefficient (Wildman–Crippen LogP) is 5.40. The smallest absolute Gasteiger partial charge is 0.336 e. The Bertz CT molecular complexity index is 962. The number of hydrogen-bond donors (Lipinski definition) is 1. The third-order valence-electron chi connectivity index (χ3n) is 5.96. The largest absolute Gasteiger partial charge is 0.489 e. The van der Waals surface area contributed by atoms with Crippen LogP contribution in [0.2, 0.25) is 0 Å². The molecule has 1 aliphatic carbocycles. The Hall–Kier alpha value is -2.33. The molecule has 0 amide bonds. The van der Waals surface area contributed by atoms with E-state index in [1.165, 1.54) is 22.8 Å². The minimum Gasteiger partial charge on any atom is -0.489 e. The van der Waals surface area contributed by atoms with Crippen molar-refractivity contribution in [3.63, 3.8) is 0 Å². The van der Waals surface area contributed by atoms with Gasteiger partial charge in [0.05, 0.1) is 6.10 Å². The zero-order valence-electron chi connectivity index (χ0n) is 17.2. The van der Waals surface area contributed by atoms with E-state index in [1.807, 2.05) is 12.1 Å². The van der Waals surface area contributed by atoms with E-state index in [9.17, 15) is 9.90 Å². The lowest BCUT2D eigenvalue weighted by atomic mass is 9.69. The van der Waals surface area contributed by atoms with Crippen LogP contribution in [0.3, 0.4) is 0 Å². The lowest BCUT2D eigenvalue weighted by Gasteiger charge is -2.39. The number of aliphatic hydroxyl groups excluding tert-OH is 1. The van der Waals surface area contributed by atoms with Gasteiger partial charge in [-0.15, -0.1) is 0 Å². The van der Waals surface area contributed by atoms with Crippen molar-refractivity contribution in [1.29, 1.82) is 0 Å². The Morgan fingerprint density at radius 3 is 2.86 bits per heavy atom. The third-order valence-corrected chi connectivity index (χ3v) is 5.96. The van der Waals surface area contributed by atoms with Gasteiger partial charge in [0.25, 0.3) is 0 Å². The van der Waals surface area contributed by atoms with E-state index >= 15 is 0 Å². The number of ether oxygens (including phenoxy) is 1. The lowest BCUT2D eigenvalue weighted by Crippen LogP contribution is -2.35. The van der Waals surface area contributed by atoms with E-state index in [-0.39, 0.29) is 17.1 Å². The molecule has 1 unspecified atom stereocenters. The number of fused-ring (bicyclic) bond motifs is 1. The van der Waals surface area contributed by atoms with Crippen molar-refractivity contribution in [2.45, 2.75) is 59.5 Å². The Morgan fingerprint density at radius 2 is 2.07 bits per heavy atom. The van der Waals surface area contributed by atoms with Crippen LogP contribution in [-0.4, -0.2) is 17.8 Å². The highest BCUT2D eigenvalue weighted by atomic mass is 16.5. The van der Waals surface area contributed by atoms with E-state index in [4.69, 9.17) is 9.15 Å². The van der Waals surface area contributed by atoms with Gasteiger partial charge in [-0.3, -0.25) is 0 Å². The fraction of sp³-hybridized carbons (Fsp3) is 0.458. The summed E-state index contributed by atoms with van der Waals surface area (Å²) >= 11 is 0. The predicted molar refractivity (Wildman–Crippen MR) is 113 cm³/mol. The van der Waals surface area contributed by atoms with E-state index in [2.05, 4.69) is 33.8 Å². The number of benzene rings is 1.